The fourth-order valence-corrected chi connectivity index (χ4v) is 38.8. The SMILES string of the molecule is C.C.C.CC(C)=S.CC=C1CC[C@H]2[C@@H]3CC[C@@H]4CC(=O)CC[C@@H]4[C@H]3CC[C@]12C.CC=C1CC[C@H]2[C@@H]3CC[C@@H]4C[C@@](O)(CF)CC[C@@H]4[C@H]3CC[C@]12C.CC=C1CC[C@H]2[C@@H]3CC[C@@H]4C[C@@]5(CC[C@@H]4[C@H]3CC[C@]12C)CO5.CC=C1CC[C@H]2[C@@H]3CC[C@@H]4C[C@](O)(CF)CC[C@@H]4[C@H]3CC[C@]12C.CC=C1CC[C@H]2[C@@H]3CC[C@@H]4C[C@]5(CC[C@@H]4[C@H]3CC[C@]12C)CO5.CCCCCCCC.CCCCCCCC.NF.[CH-]=S.[K+].[K+]. The van der Waals surface area contributed by atoms with E-state index in [1.165, 1.54) is 315 Å². The Morgan fingerprint density at radius 2 is 0.550 bits per heavy atom. The molecular weight excluding hydrogens is 1820 g/mol. The zero-order chi connectivity index (χ0) is 97.1. The zero-order valence-electron chi connectivity index (χ0n) is 91.7. The predicted molar refractivity (Wildman–Crippen MR) is 590 cm³/mol. The Morgan fingerprint density at radius 3 is 0.771 bits per heavy atom. The molecule has 2 aliphatic heterocycles. The largest absolute Gasteiger partial charge is 1.00 e. The van der Waals surface area contributed by atoms with Crippen molar-refractivity contribution in [2.75, 3.05) is 26.6 Å². The maximum Gasteiger partial charge on any atom is 1.00 e. The van der Waals surface area contributed by atoms with E-state index in [2.05, 4.69) is 164 Å². The summed E-state index contributed by atoms with van der Waals surface area (Å²) < 4.78 is 47.1. The van der Waals surface area contributed by atoms with Crippen molar-refractivity contribution in [3.63, 3.8) is 0 Å². The molecule has 2 spiro atoms. The third-order valence-electron chi connectivity index (χ3n) is 45.6. The number of halogens is 3. The maximum absolute atomic E-state index is 13.2. The number of nitrogens with two attached hydrogens (primary N) is 1. The molecule has 20 saturated carbocycles. The van der Waals surface area contributed by atoms with Gasteiger partial charge in [-0.15, -0.1) is 4.48 Å². The van der Waals surface area contributed by atoms with Gasteiger partial charge in [-0.1, -0.05) is 232 Å². The number of ether oxygens (including phenoxy) is 2. The van der Waals surface area contributed by atoms with Crippen LogP contribution in [0.2, 0.25) is 0 Å². The van der Waals surface area contributed by atoms with Gasteiger partial charge in [-0.25, -0.2) is 8.78 Å². The second kappa shape index (κ2) is 56.7. The Morgan fingerprint density at radius 1 is 0.336 bits per heavy atom. The molecule has 794 valence electrons. The second-order valence-corrected chi connectivity index (χ2v) is 52.7. The van der Waals surface area contributed by atoms with Crippen molar-refractivity contribution in [2.45, 2.75) is 521 Å². The number of carbonyl (C=O) groups excluding carboxylic acids is 1. The van der Waals surface area contributed by atoms with Gasteiger partial charge >= 0.3 is 103 Å². The number of hydrogen-bond donors (Lipinski definition) is 3. The van der Waals surface area contributed by atoms with Gasteiger partial charge in [0.2, 0.25) is 0 Å². The number of aliphatic hydroxyl groups is 2. The minimum Gasteiger partial charge on any atom is -0.442 e. The van der Waals surface area contributed by atoms with Gasteiger partial charge in [-0.3, -0.25) is 4.79 Å². The second-order valence-electron chi connectivity index (χ2n) is 51.9. The standard InChI is InChI=1S/2C21H33FO.2C21H32O.C20H30O.2C8H18.C3H6S.CHS.3CH4.FH2N.2K/c2*1-3-15-5-7-19-18-6-4-14-12-21(23,13-22)11-9-16(14)17(18)8-10-20(15,19)2;2*1-3-15-5-7-19-18-6-4-14-12-21(13-22-21)11-9-16(14)17(18)8-10-20(15,19)2;1-3-14-5-9-19-18-7-4-13-12-15(21)6-8-16(13)17(18)10-11-20(14,19)2;2*1-3-5-7-8-6-4-2;1-3(2)4;1-2;;;;1-2;;/h2*3,14,16-19,23H,4-13H2,1-2H3;2*3,14,16-19H,4-13H2,1-2H3;3,13,16-19H,4-12H2,1-2H3;2*3-8H2,1-2H3;1-2H3;1H;3*1H4;2H2;;/q;;;;;;;;-1;;;;;2*+1/t14-,16+,17-,18-,19+,20-,21+;14-,16+,17-,18-,19+,20-,21-;14-,16+,17-,18-,19+,20-,21+;14-,16+,17-,18-,19+,20-,21-;13-,16+,17-,18-,19+,20-;;;;;;;;;;/m11111........../s1. The van der Waals surface area contributed by atoms with Crippen molar-refractivity contribution in [3.05, 3.63) is 58.2 Å². The van der Waals surface area contributed by atoms with Crippen LogP contribution in [0.5, 0.6) is 0 Å². The summed E-state index contributed by atoms with van der Waals surface area (Å²) in [4.78, 5) is 12.8. The van der Waals surface area contributed by atoms with Crippen LogP contribution in [0.1, 0.15) is 499 Å². The average Bonchev–Trinajstić information content (AvgIpc) is 1.55. The molecule has 140 heavy (non-hydrogen) atoms. The Hall–Kier alpha value is 1.41. The number of Topliss-reactive ketones (excluding diaryl/α,β-unsaturated/α-hetero) is 1. The summed E-state index contributed by atoms with van der Waals surface area (Å²) in [5.74, 6) is 30.4. The van der Waals surface area contributed by atoms with Gasteiger partial charge in [0.05, 0.1) is 35.6 Å². The van der Waals surface area contributed by atoms with Gasteiger partial charge in [0, 0.05) is 12.8 Å². The molecular formula is C127H217F3K2NO5S2+. The first kappa shape index (κ1) is 127. The molecule has 22 fully saturated rings. The van der Waals surface area contributed by atoms with Gasteiger partial charge in [0.15, 0.2) is 0 Å². The maximum atomic E-state index is 13.2. The van der Waals surface area contributed by atoms with Gasteiger partial charge in [-0.05, 0) is 504 Å². The number of hydrogen-bond acceptors (Lipinski definition) is 8. The molecule has 22 rings (SSSR count). The van der Waals surface area contributed by atoms with Crippen molar-refractivity contribution in [1.82, 2.24) is 0 Å². The molecule has 0 aromatic carbocycles. The monoisotopic (exact) mass is 2040 g/mol. The average molecular weight is 2040 g/mol. The molecule has 20 aliphatic carbocycles. The van der Waals surface area contributed by atoms with Gasteiger partial charge < -0.3 is 37.8 Å². The molecule has 2 heterocycles. The molecule has 2 saturated heterocycles. The number of ketones is 1. The third kappa shape index (κ3) is 27.7. The molecule has 0 amide bonds. The fourth-order valence-electron chi connectivity index (χ4n) is 38.8. The van der Waals surface area contributed by atoms with Crippen LogP contribution in [0.25, 0.3) is 0 Å². The normalized spacial score (nSPS) is 45.3. The number of allylic oxidation sites excluding steroid dienone is 10. The van der Waals surface area contributed by atoms with E-state index < -0.39 is 24.6 Å². The minimum atomic E-state index is -0.997. The van der Waals surface area contributed by atoms with Crippen LogP contribution in [0, 0.1) is 175 Å². The summed E-state index contributed by atoms with van der Waals surface area (Å²) in [6.45, 7) is 38.0. The molecule has 4 N–H and O–H groups in total. The molecule has 13 heteroatoms. The van der Waals surface area contributed by atoms with Crippen molar-refractivity contribution in [3.8, 4) is 0 Å². The van der Waals surface area contributed by atoms with E-state index in [9.17, 15) is 23.8 Å². The summed E-state index contributed by atoms with van der Waals surface area (Å²) in [6.07, 6.45) is 87.8. The van der Waals surface area contributed by atoms with Gasteiger partial charge in [0.25, 0.3) is 0 Å². The Balaban J connectivity index is 0.000000201. The third-order valence-corrected chi connectivity index (χ3v) is 45.6. The number of rotatable bonds is 12. The first-order valence-corrected chi connectivity index (χ1v) is 59.5. The van der Waals surface area contributed by atoms with E-state index in [1.807, 2.05) is 13.8 Å². The van der Waals surface area contributed by atoms with E-state index in [0.717, 1.165) is 193 Å². The minimum absolute atomic E-state index is 0. The summed E-state index contributed by atoms with van der Waals surface area (Å²) in [7, 11) is 0. The summed E-state index contributed by atoms with van der Waals surface area (Å²) >= 11 is 8.12. The van der Waals surface area contributed by atoms with Crippen LogP contribution in [0.15, 0.2) is 58.2 Å². The van der Waals surface area contributed by atoms with Crippen molar-refractivity contribution in [2.24, 2.45) is 181 Å². The van der Waals surface area contributed by atoms with E-state index in [1.54, 1.807) is 27.9 Å². The summed E-state index contributed by atoms with van der Waals surface area (Å²) in [5, 5.41) is 20.8. The summed E-state index contributed by atoms with van der Waals surface area (Å²) in [5.41, 5.74) is 10.2. The van der Waals surface area contributed by atoms with E-state index in [-0.39, 0.29) is 125 Å². The van der Waals surface area contributed by atoms with Crippen LogP contribution in [0.3, 0.4) is 0 Å². The van der Waals surface area contributed by atoms with E-state index in [0.29, 0.717) is 68.7 Å². The van der Waals surface area contributed by atoms with Crippen molar-refractivity contribution >= 4 is 41.0 Å². The number of fused-ring (bicyclic) bond motifs is 25. The van der Waals surface area contributed by atoms with Gasteiger partial charge in [-0.2, -0.15) is 5.96 Å². The number of thiocarbonyl (C=S) groups is 2. The molecule has 0 bridgehead atoms. The van der Waals surface area contributed by atoms with Crippen LogP contribution in [-0.4, -0.2) is 75.7 Å². The molecule has 0 aromatic heterocycles. The van der Waals surface area contributed by atoms with E-state index in [4.69, 9.17) is 14.0 Å². The first-order chi connectivity index (χ1) is 65.0. The smallest absolute Gasteiger partial charge is 0.442 e. The van der Waals surface area contributed by atoms with Crippen molar-refractivity contribution < 1.29 is 141 Å². The summed E-state index contributed by atoms with van der Waals surface area (Å²) in [6, 6.07) is 0. The quantitative estimate of drug-likeness (QED) is 0.0337. The Bertz CT molecular complexity index is 3720. The number of carbonyl (C=O) groups is 1. The molecule has 34 atom stereocenters. The Labute approximate surface area is 958 Å². The zero-order valence-corrected chi connectivity index (χ0v) is 99.6. The first-order valence-electron chi connectivity index (χ1n) is 58.6. The molecule has 0 aromatic rings. The molecule has 22 aliphatic rings. The molecule has 6 nitrogen and oxygen atoms in total. The van der Waals surface area contributed by atoms with Crippen LogP contribution < -0.4 is 109 Å². The fraction of sp³-hybridized carbons (Fsp3) is 0.898. The van der Waals surface area contributed by atoms with E-state index >= 15 is 0 Å². The number of epoxide rings is 2. The molecule has 0 radical (unpaired) electrons. The topological polar surface area (TPSA) is 109 Å². The van der Waals surface area contributed by atoms with Crippen LogP contribution >= 0.6 is 24.4 Å². The number of alkyl halides is 2. The number of unbranched alkanes of at least 4 members (excludes halogenated alkanes) is 10. The van der Waals surface area contributed by atoms with Crippen LogP contribution in [-0.2, 0) is 14.3 Å². The van der Waals surface area contributed by atoms with Crippen LogP contribution in [0.4, 0.5) is 13.3 Å². The van der Waals surface area contributed by atoms with Gasteiger partial charge in [0.1, 0.15) is 19.1 Å². The molecule has 0 unspecified atom stereocenters. The Kier molecular flexibility index (Phi) is 51.3. The van der Waals surface area contributed by atoms with Crippen molar-refractivity contribution in [1.29, 1.82) is 0 Å². The predicted octanol–water partition coefficient (Wildman–Crippen LogP) is 30.8.